The lowest BCUT2D eigenvalue weighted by Gasteiger charge is -2.44. The average Bonchev–Trinajstić information content (AvgIpc) is 2.92. The molecule has 2 unspecified atom stereocenters. The Kier molecular flexibility index (Phi) is 2.74. The summed E-state index contributed by atoms with van der Waals surface area (Å²) in [6.45, 7) is 0. The highest BCUT2D eigenvalue weighted by Gasteiger charge is 2.58. The van der Waals surface area contributed by atoms with E-state index in [0.717, 1.165) is 11.1 Å². The van der Waals surface area contributed by atoms with Gasteiger partial charge in [0.05, 0.1) is 7.11 Å². The third-order valence-electron chi connectivity index (χ3n) is 4.43. The first kappa shape index (κ1) is 13.8. The Balaban J connectivity index is 1.88. The summed E-state index contributed by atoms with van der Waals surface area (Å²) in [6, 6.07) is 11.4. The van der Waals surface area contributed by atoms with E-state index in [4.69, 9.17) is 4.74 Å². The van der Waals surface area contributed by atoms with Crippen LogP contribution in [0.1, 0.15) is 11.1 Å². The van der Waals surface area contributed by atoms with E-state index in [1.807, 2.05) is 36.4 Å². The number of amides is 3. The second-order valence-corrected chi connectivity index (χ2v) is 5.60. The van der Waals surface area contributed by atoms with Crippen molar-refractivity contribution in [1.29, 1.82) is 0 Å². The summed E-state index contributed by atoms with van der Waals surface area (Å²) in [6.07, 6.45) is 0. The van der Waals surface area contributed by atoms with Crippen LogP contribution in [0, 0.1) is 0 Å². The van der Waals surface area contributed by atoms with Crippen molar-refractivity contribution >= 4 is 11.9 Å². The molecule has 0 aromatic heterocycles. The molecule has 0 radical (unpaired) electrons. The summed E-state index contributed by atoms with van der Waals surface area (Å²) < 4.78 is 5.39. The van der Waals surface area contributed by atoms with Crippen LogP contribution in [0.15, 0.2) is 42.5 Å². The lowest BCUT2D eigenvalue weighted by atomic mass is 9.66. The number of hydrogen-bond donors (Lipinski definition) is 3. The predicted molar refractivity (Wildman–Crippen MR) is 81.9 cm³/mol. The Morgan fingerprint density at radius 1 is 1.13 bits per heavy atom. The Hall–Kier alpha value is -2.86. The van der Waals surface area contributed by atoms with Gasteiger partial charge in [0, 0.05) is 11.1 Å². The zero-order valence-electron chi connectivity index (χ0n) is 12.3. The molecule has 116 valence electrons. The third kappa shape index (κ3) is 1.66. The minimum Gasteiger partial charge on any atom is -0.496 e. The van der Waals surface area contributed by atoms with Gasteiger partial charge in [-0.25, -0.2) is 4.79 Å². The molecule has 4 rings (SSSR count). The number of rotatable bonds is 3. The summed E-state index contributed by atoms with van der Waals surface area (Å²) in [5.74, 6) is -0.00633. The van der Waals surface area contributed by atoms with E-state index in [-0.39, 0.29) is 0 Å². The van der Waals surface area contributed by atoms with Gasteiger partial charge in [-0.15, -0.1) is 0 Å². The number of imide groups is 1. The van der Waals surface area contributed by atoms with Gasteiger partial charge in [-0.05, 0) is 11.1 Å². The van der Waals surface area contributed by atoms with Crippen LogP contribution in [0.25, 0.3) is 11.1 Å². The van der Waals surface area contributed by atoms with Crippen molar-refractivity contribution < 1.29 is 19.4 Å². The van der Waals surface area contributed by atoms with Crippen LogP contribution in [-0.4, -0.2) is 30.2 Å². The molecule has 1 saturated heterocycles. The minimum atomic E-state index is -1.58. The number of carbonyl (C=O) groups is 2. The number of ether oxygens (including phenoxy) is 1. The van der Waals surface area contributed by atoms with Gasteiger partial charge in [-0.2, -0.15) is 0 Å². The fraction of sp³-hybridized carbons (Fsp3) is 0.176. The summed E-state index contributed by atoms with van der Waals surface area (Å²) in [4.78, 5) is 23.5. The summed E-state index contributed by atoms with van der Waals surface area (Å²) in [5, 5.41) is 15.8. The summed E-state index contributed by atoms with van der Waals surface area (Å²) >= 11 is 0. The Morgan fingerprint density at radius 2 is 1.87 bits per heavy atom. The number of hydrogen-bond acceptors (Lipinski definition) is 4. The van der Waals surface area contributed by atoms with Crippen LogP contribution in [0.3, 0.4) is 0 Å². The van der Waals surface area contributed by atoms with Gasteiger partial charge in [-0.1, -0.05) is 42.5 Å². The Bertz CT molecular complexity index is 834. The molecule has 3 N–H and O–H groups in total. The molecule has 0 saturated carbocycles. The fourth-order valence-electron chi connectivity index (χ4n) is 3.41. The zero-order valence-corrected chi connectivity index (χ0v) is 12.3. The second-order valence-electron chi connectivity index (χ2n) is 5.60. The molecule has 1 heterocycles. The fourth-order valence-corrected chi connectivity index (χ4v) is 3.41. The van der Waals surface area contributed by atoms with Crippen molar-refractivity contribution in [2.75, 3.05) is 7.11 Å². The molecular weight excluding hydrogens is 296 g/mol. The molecule has 1 aliphatic carbocycles. The van der Waals surface area contributed by atoms with Crippen LogP contribution in [0.2, 0.25) is 0 Å². The quantitative estimate of drug-likeness (QED) is 0.741. The van der Waals surface area contributed by atoms with Gasteiger partial charge in [0.25, 0.3) is 5.91 Å². The molecule has 6 nitrogen and oxygen atoms in total. The topological polar surface area (TPSA) is 87.7 Å². The van der Waals surface area contributed by atoms with Crippen molar-refractivity contribution in [1.82, 2.24) is 10.6 Å². The molecule has 1 aliphatic heterocycles. The molecule has 2 aliphatic rings. The minimum absolute atomic E-state index is 0.497. The standard InChI is InChI=1S/C17H14N2O4/c1-23-13-11-8-7-10(9-5-3-2-4-6-9)12(13)17(11,22)14-15(20)19-16(21)18-14/h2-8,14,22H,1H3,(H2,18,19,20,21). The van der Waals surface area contributed by atoms with Gasteiger partial charge in [0.1, 0.15) is 11.8 Å². The lowest BCUT2D eigenvalue weighted by Crippen LogP contribution is -2.55. The number of benzene rings is 2. The first-order valence-electron chi connectivity index (χ1n) is 7.18. The van der Waals surface area contributed by atoms with Gasteiger partial charge < -0.3 is 15.2 Å². The van der Waals surface area contributed by atoms with E-state index in [0.29, 0.717) is 16.9 Å². The van der Waals surface area contributed by atoms with E-state index < -0.39 is 23.6 Å². The summed E-state index contributed by atoms with van der Waals surface area (Å²) in [5.41, 5.74) is 1.11. The van der Waals surface area contributed by atoms with E-state index in [2.05, 4.69) is 10.6 Å². The van der Waals surface area contributed by atoms with Crippen molar-refractivity contribution in [3.8, 4) is 16.9 Å². The average molecular weight is 310 g/mol. The first-order valence-corrected chi connectivity index (χ1v) is 7.18. The van der Waals surface area contributed by atoms with Gasteiger partial charge in [0.15, 0.2) is 5.60 Å². The maximum absolute atomic E-state index is 12.0. The first-order chi connectivity index (χ1) is 11.1. The van der Waals surface area contributed by atoms with E-state index in [9.17, 15) is 14.7 Å². The molecule has 2 atom stereocenters. The number of aliphatic hydroxyl groups is 1. The molecule has 0 spiro atoms. The number of carbonyl (C=O) groups excluding carboxylic acids is 2. The third-order valence-corrected chi connectivity index (χ3v) is 4.43. The molecular formula is C17H14N2O4. The lowest BCUT2D eigenvalue weighted by molar-refractivity contribution is -0.125. The van der Waals surface area contributed by atoms with Crippen molar-refractivity contribution in [3.05, 3.63) is 53.6 Å². The highest BCUT2D eigenvalue weighted by atomic mass is 16.5. The van der Waals surface area contributed by atoms with E-state index in [1.54, 1.807) is 6.07 Å². The molecule has 3 amide bonds. The van der Waals surface area contributed by atoms with Crippen molar-refractivity contribution in [2.24, 2.45) is 0 Å². The van der Waals surface area contributed by atoms with Crippen molar-refractivity contribution in [2.45, 2.75) is 11.6 Å². The number of fused-ring (bicyclic) bond motifs is 2. The molecule has 2 aromatic carbocycles. The van der Waals surface area contributed by atoms with Crippen LogP contribution in [0.5, 0.6) is 5.75 Å². The monoisotopic (exact) mass is 310 g/mol. The number of urea groups is 1. The van der Waals surface area contributed by atoms with E-state index >= 15 is 0 Å². The van der Waals surface area contributed by atoms with Crippen LogP contribution in [-0.2, 0) is 10.4 Å². The molecule has 2 aromatic rings. The largest absolute Gasteiger partial charge is 0.496 e. The van der Waals surface area contributed by atoms with E-state index in [1.165, 1.54) is 7.11 Å². The normalized spacial score (nSPS) is 24.7. The maximum atomic E-state index is 12.0. The molecule has 2 bridgehead atoms. The van der Waals surface area contributed by atoms with Gasteiger partial charge in [0.2, 0.25) is 0 Å². The molecule has 1 fully saturated rings. The van der Waals surface area contributed by atoms with Crippen LogP contribution >= 0.6 is 0 Å². The molecule has 6 heteroatoms. The Morgan fingerprint density at radius 3 is 2.48 bits per heavy atom. The predicted octanol–water partition coefficient (Wildman–Crippen LogP) is 1.12. The number of nitrogens with one attached hydrogen (secondary N) is 2. The molecule has 23 heavy (non-hydrogen) atoms. The zero-order chi connectivity index (χ0) is 16.2. The van der Waals surface area contributed by atoms with Crippen LogP contribution < -0.4 is 15.4 Å². The smallest absolute Gasteiger partial charge is 0.322 e. The van der Waals surface area contributed by atoms with Gasteiger partial charge in [-0.3, -0.25) is 10.1 Å². The highest BCUT2D eigenvalue weighted by molar-refractivity contribution is 6.06. The second kappa shape index (κ2) is 4.57. The maximum Gasteiger partial charge on any atom is 0.322 e. The Labute approximate surface area is 132 Å². The van der Waals surface area contributed by atoms with Crippen molar-refractivity contribution in [3.63, 3.8) is 0 Å². The van der Waals surface area contributed by atoms with Gasteiger partial charge >= 0.3 is 6.03 Å². The highest BCUT2D eigenvalue weighted by Crippen LogP contribution is 2.56. The van der Waals surface area contributed by atoms with Crippen LogP contribution in [0.4, 0.5) is 4.79 Å². The SMILES string of the molecule is COc1c2ccc(-c3ccccc3)c1C2(O)C1NC(=O)NC1=O. The summed E-state index contributed by atoms with van der Waals surface area (Å²) in [7, 11) is 1.52. The number of methoxy groups -OCH3 is 1.